The second kappa shape index (κ2) is 12.7. The maximum absolute atomic E-state index is 12.9. The minimum absolute atomic E-state index is 0.137. The quantitative estimate of drug-likeness (QED) is 0.341. The predicted octanol–water partition coefficient (Wildman–Crippen LogP) is 5.97. The summed E-state index contributed by atoms with van der Waals surface area (Å²) < 4.78 is 29.6. The third kappa shape index (κ3) is 9.62. The summed E-state index contributed by atoms with van der Waals surface area (Å²) in [6, 6.07) is 15.0. The third-order valence-corrected chi connectivity index (χ3v) is 6.66. The maximum Gasteiger partial charge on any atom is 0.368 e. The third-order valence-electron chi connectivity index (χ3n) is 4.49. The second-order valence-electron chi connectivity index (χ2n) is 8.42. The van der Waals surface area contributed by atoms with Crippen molar-refractivity contribution in [3.63, 3.8) is 0 Å². The largest absolute Gasteiger partial charge is 0.481 e. The summed E-state index contributed by atoms with van der Waals surface area (Å²) in [6.45, 7) is 9.76. The zero-order chi connectivity index (χ0) is 23.7. The van der Waals surface area contributed by atoms with Gasteiger partial charge in [-0.05, 0) is 76.4 Å². The molecule has 0 aliphatic carbocycles. The Kier molecular flexibility index (Phi) is 10.7. The van der Waals surface area contributed by atoms with E-state index in [4.69, 9.17) is 25.4 Å². The Morgan fingerprint density at radius 1 is 1.00 bits per heavy atom. The van der Waals surface area contributed by atoms with Crippen LogP contribution >= 0.6 is 19.2 Å². The van der Waals surface area contributed by atoms with Crippen molar-refractivity contribution >= 4 is 19.2 Å². The molecule has 2 rings (SSSR count). The molecule has 2 aromatic rings. The van der Waals surface area contributed by atoms with Crippen LogP contribution in [0.3, 0.4) is 0 Å². The van der Waals surface area contributed by atoms with E-state index in [9.17, 15) is 9.67 Å². The van der Waals surface area contributed by atoms with E-state index in [1.807, 2.05) is 64.1 Å². The van der Waals surface area contributed by atoms with Gasteiger partial charge in [-0.1, -0.05) is 35.9 Å². The van der Waals surface area contributed by atoms with Gasteiger partial charge in [0.25, 0.3) is 0 Å². The van der Waals surface area contributed by atoms with Crippen LogP contribution in [0.4, 0.5) is 0 Å². The smallest absolute Gasteiger partial charge is 0.368 e. The summed E-state index contributed by atoms with van der Waals surface area (Å²) in [5.74, 6) is 0.602. The molecule has 0 aromatic heterocycles. The fourth-order valence-corrected chi connectivity index (χ4v) is 5.14. The van der Waals surface area contributed by atoms with Gasteiger partial charge in [0.2, 0.25) is 0 Å². The number of halogens is 1. The molecule has 0 saturated heterocycles. The summed E-state index contributed by atoms with van der Waals surface area (Å²) in [5, 5.41) is 14.3. The zero-order valence-electron chi connectivity index (χ0n) is 19.5. The molecule has 2 aromatic carbocycles. The van der Waals surface area contributed by atoms with E-state index in [2.05, 4.69) is 12.2 Å². The van der Waals surface area contributed by atoms with Crippen molar-refractivity contribution in [2.45, 2.75) is 65.4 Å². The first-order chi connectivity index (χ1) is 15.1. The first-order valence-corrected chi connectivity index (χ1v) is 13.0. The maximum atomic E-state index is 12.9. The normalized spacial score (nSPS) is 14.0. The van der Waals surface area contributed by atoms with Crippen molar-refractivity contribution in [1.29, 1.82) is 0 Å². The molecule has 0 aliphatic heterocycles. The lowest BCUT2D eigenvalue weighted by atomic mass is 10.1. The van der Waals surface area contributed by atoms with E-state index >= 15 is 0 Å². The summed E-state index contributed by atoms with van der Waals surface area (Å²) >= 11 is 5.99. The number of nitrogens with one attached hydrogen (secondary N) is 1. The second-order valence-corrected chi connectivity index (χ2v) is 10.8. The molecule has 0 saturated carbocycles. The Labute approximate surface area is 196 Å². The highest BCUT2D eigenvalue weighted by Crippen LogP contribution is 2.50. The van der Waals surface area contributed by atoms with Gasteiger partial charge in [0, 0.05) is 17.6 Å². The summed E-state index contributed by atoms with van der Waals surface area (Å²) in [6.07, 6.45) is -0.423. The fraction of sp³-hybridized carbons (Fsp3) is 0.500. The Hall–Kier alpha value is -1.40. The molecule has 6 nitrogen and oxygen atoms in total. The Morgan fingerprint density at radius 3 is 2.19 bits per heavy atom. The molecule has 2 unspecified atom stereocenters. The van der Waals surface area contributed by atoms with Gasteiger partial charge < -0.3 is 24.2 Å². The topological polar surface area (TPSA) is 77.0 Å². The van der Waals surface area contributed by atoms with Gasteiger partial charge in [-0.15, -0.1) is 0 Å². The number of aliphatic hydroxyl groups is 1. The van der Waals surface area contributed by atoms with Crippen molar-refractivity contribution in [3.8, 4) is 5.75 Å². The molecular formula is C24H35ClNO5P. The summed E-state index contributed by atoms with van der Waals surface area (Å²) in [7, 11) is -3.34. The van der Waals surface area contributed by atoms with Crippen molar-refractivity contribution in [1.82, 2.24) is 5.32 Å². The van der Waals surface area contributed by atoms with Crippen LogP contribution in [-0.4, -0.2) is 36.2 Å². The average molecular weight is 484 g/mol. The monoisotopic (exact) mass is 483 g/mol. The van der Waals surface area contributed by atoms with Crippen molar-refractivity contribution < 1.29 is 23.5 Å². The molecule has 0 bridgehead atoms. The van der Waals surface area contributed by atoms with Crippen molar-refractivity contribution in [2.75, 3.05) is 12.9 Å². The first-order valence-electron chi connectivity index (χ1n) is 10.9. The molecule has 0 fully saturated rings. The predicted molar refractivity (Wildman–Crippen MR) is 130 cm³/mol. The van der Waals surface area contributed by atoms with E-state index in [1.54, 1.807) is 12.1 Å². The van der Waals surface area contributed by atoms with E-state index in [0.717, 1.165) is 17.5 Å². The van der Waals surface area contributed by atoms with Gasteiger partial charge in [0.05, 0.1) is 18.3 Å². The van der Waals surface area contributed by atoms with Gasteiger partial charge >= 0.3 is 7.60 Å². The number of hydrogen-bond acceptors (Lipinski definition) is 6. The minimum atomic E-state index is -3.34. The van der Waals surface area contributed by atoms with E-state index < -0.39 is 13.7 Å². The van der Waals surface area contributed by atoms with Crippen LogP contribution in [0.1, 0.15) is 51.8 Å². The molecule has 0 amide bonds. The summed E-state index contributed by atoms with van der Waals surface area (Å²) in [4.78, 5) is 0. The lowest BCUT2D eigenvalue weighted by Gasteiger charge is -2.23. The Bertz CT molecular complexity index is 861. The lowest BCUT2D eigenvalue weighted by Crippen LogP contribution is -2.32. The number of ether oxygens (including phenoxy) is 1. The van der Waals surface area contributed by atoms with Gasteiger partial charge in [0.15, 0.2) is 6.35 Å². The van der Waals surface area contributed by atoms with E-state index in [1.165, 1.54) is 0 Å². The first kappa shape index (κ1) is 26.8. The van der Waals surface area contributed by atoms with E-state index in [0.29, 0.717) is 17.3 Å². The molecular weight excluding hydrogens is 449 g/mol. The van der Waals surface area contributed by atoms with Crippen molar-refractivity contribution in [2.24, 2.45) is 0 Å². The highest BCUT2D eigenvalue weighted by Gasteiger charge is 2.29. The molecule has 2 N–H and O–H groups in total. The molecule has 2 atom stereocenters. The van der Waals surface area contributed by atoms with Crippen LogP contribution in [0.25, 0.3) is 0 Å². The Balaban J connectivity index is 1.84. The number of hydrogen-bond donors (Lipinski definition) is 2. The van der Waals surface area contributed by atoms with Crippen LogP contribution in [0.15, 0.2) is 48.5 Å². The van der Waals surface area contributed by atoms with Crippen LogP contribution < -0.4 is 10.1 Å². The molecule has 8 heteroatoms. The molecule has 0 aliphatic rings. The number of rotatable bonds is 13. The standard InChI is InChI=1S/C24H35ClNO5P/c1-17(2)30-32(28,31-18(3)4)16-29-23-11-9-20(10-12-23)13-19(5)26-15-24(27)21-7-6-8-22(25)14-21/h6-12,14,17-19,24,26-27H,13,15-16H2,1-5H3. The SMILES string of the molecule is CC(Cc1ccc(OCP(=O)(OC(C)C)OC(C)C)cc1)NCC(O)c1cccc(Cl)c1. The molecule has 178 valence electrons. The van der Waals surface area contributed by atoms with Gasteiger partial charge in [-0.3, -0.25) is 4.57 Å². The van der Waals surface area contributed by atoms with Gasteiger partial charge in [-0.2, -0.15) is 0 Å². The van der Waals surface area contributed by atoms with Crippen LogP contribution in [0.5, 0.6) is 5.75 Å². The van der Waals surface area contributed by atoms with Gasteiger partial charge in [-0.25, -0.2) is 0 Å². The highest BCUT2D eigenvalue weighted by molar-refractivity contribution is 7.53. The fourth-order valence-electron chi connectivity index (χ4n) is 3.17. The number of aliphatic hydroxyl groups excluding tert-OH is 1. The molecule has 0 heterocycles. The van der Waals surface area contributed by atoms with Crippen LogP contribution in [0.2, 0.25) is 5.02 Å². The summed E-state index contributed by atoms with van der Waals surface area (Å²) in [5.41, 5.74) is 1.91. The van der Waals surface area contributed by atoms with Gasteiger partial charge in [0.1, 0.15) is 5.75 Å². The number of benzene rings is 2. The Morgan fingerprint density at radius 2 is 1.62 bits per heavy atom. The lowest BCUT2D eigenvalue weighted by molar-refractivity contribution is 0.129. The molecule has 0 radical (unpaired) electrons. The highest BCUT2D eigenvalue weighted by atomic mass is 35.5. The minimum Gasteiger partial charge on any atom is -0.481 e. The van der Waals surface area contributed by atoms with Crippen LogP contribution in [-0.2, 0) is 20.0 Å². The van der Waals surface area contributed by atoms with Crippen molar-refractivity contribution in [3.05, 3.63) is 64.7 Å². The molecule has 32 heavy (non-hydrogen) atoms. The van der Waals surface area contributed by atoms with Crippen LogP contribution in [0, 0.1) is 0 Å². The zero-order valence-corrected chi connectivity index (χ0v) is 21.1. The average Bonchev–Trinajstić information content (AvgIpc) is 2.70. The van der Waals surface area contributed by atoms with E-state index in [-0.39, 0.29) is 24.6 Å². The molecule has 0 spiro atoms.